The fourth-order valence-electron chi connectivity index (χ4n) is 2.06. The van der Waals surface area contributed by atoms with Crippen molar-refractivity contribution in [2.24, 2.45) is 0 Å². The summed E-state index contributed by atoms with van der Waals surface area (Å²) in [5.41, 5.74) is 1.37. The lowest BCUT2D eigenvalue weighted by Gasteiger charge is -2.26. The number of imide groups is 1. The van der Waals surface area contributed by atoms with Gasteiger partial charge in [0.25, 0.3) is 0 Å². The Balaban J connectivity index is 2.03. The maximum absolute atomic E-state index is 11.7. The van der Waals surface area contributed by atoms with Crippen LogP contribution in [0.25, 0.3) is 5.52 Å². The van der Waals surface area contributed by atoms with E-state index in [0.717, 1.165) is 5.52 Å². The van der Waals surface area contributed by atoms with Gasteiger partial charge in [-0.3, -0.25) is 24.2 Å². The molecule has 2 aromatic heterocycles. The molecule has 3 rings (SSSR count). The van der Waals surface area contributed by atoms with Gasteiger partial charge in [0.15, 0.2) is 12.1 Å². The van der Waals surface area contributed by atoms with Gasteiger partial charge in [0, 0.05) is 19.2 Å². The Kier molecular flexibility index (Phi) is 2.52. The standard InChI is InChI=1S/C12H10N4O3/c17-7-10-13-5-8-1-2-9(6-16(8)10)15-4-3-11(18)14-12(15)19/h1-2,5-7H,3-4H2,(H,14,18,19). The lowest BCUT2D eigenvalue weighted by atomic mass is 10.2. The summed E-state index contributed by atoms with van der Waals surface area (Å²) in [6.45, 7) is 0.321. The predicted molar refractivity (Wildman–Crippen MR) is 66.1 cm³/mol. The predicted octanol–water partition coefficient (Wildman–Crippen LogP) is 0.593. The highest BCUT2D eigenvalue weighted by molar-refractivity contribution is 6.05. The number of aldehydes is 1. The van der Waals surface area contributed by atoms with Crippen molar-refractivity contribution in [3.63, 3.8) is 0 Å². The molecule has 0 aliphatic carbocycles. The van der Waals surface area contributed by atoms with Crippen molar-refractivity contribution in [1.82, 2.24) is 14.7 Å². The third kappa shape index (κ3) is 1.85. The van der Waals surface area contributed by atoms with Crippen molar-refractivity contribution in [1.29, 1.82) is 0 Å². The summed E-state index contributed by atoms with van der Waals surface area (Å²) < 4.78 is 1.60. The number of amides is 3. The number of fused-ring (bicyclic) bond motifs is 1. The number of carbonyl (C=O) groups is 3. The van der Waals surface area contributed by atoms with Crippen LogP contribution in [0.1, 0.15) is 17.0 Å². The molecule has 1 aliphatic heterocycles. The van der Waals surface area contributed by atoms with Crippen LogP contribution in [-0.2, 0) is 4.79 Å². The third-order valence-corrected chi connectivity index (χ3v) is 3.01. The Morgan fingerprint density at radius 3 is 2.89 bits per heavy atom. The summed E-state index contributed by atoms with van der Waals surface area (Å²) in [5.74, 6) is -0.0103. The second kappa shape index (κ2) is 4.20. The second-order valence-corrected chi connectivity index (χ2v) is 4.17. The number of hydrogen-bond acceptors (Lipinski definition) is 4. The number of anilines is 1. The van der Waals surface area contributed by atoms with Gasteiger partial charge in [-0.15, -0.1) is 0 Å². The summed E-state index contributed by atoms with van der Waals surface area (Å²) in [7, 11) is 0. The summed E-state index contributed by atoms with van der Waals surface area (Å²) in [4.78, 5) is 39.1. The molecule has 1 aliphatic rings. The molecule has 0 unspecified atom stereocenters. The van der Waals surface area contributed by atoms with E-state index in [-0.39, 0.29) is 18.2 Å². The normalized spacial score (nSPS) is 15.7. The molecular formula is C12H10N4O3. The number of nitrogens with zero attached hydrogens (tertiary/aromatic N) is 3. The summed E-state index contributed by atoms with van der Waals surface area (Å²) in [6.07, 6.45) is 4.14. The molecule has 0 spiro atoms. The lowest BCUT2D eigenvalue weighted by Crippen LogP contribution is -2.49. The van der Waals surface area contributed by atoms with E-state index in [1.807, 2.05) is 0 Å². The first-order chi connectivity index (χ1) is 9.19. The van der Waals surface area contributed by atoms with Gasteiger partial charge in [-0.1, -0.05) is 0 Å². The van der Waals surface area contributed by atoms with E-state index in [4.69, 9.17) is 0 Å². The van der Waals surface area contributed by atoms with E-state index in [9.17, 15) is 14.4 Å². The first kappa shape index (κ1) is 11.4. The average Bonchev–Trinajstić information content (AvgIpc) is 2.80. The van der Waals surface area contributed by atoms with Crippen molar-refractivity contribution in [2.45, 2.75) is 6.42 Å². The van der Waals surface area contributed by atoms with Gasteiger partial charge in [-0.2, -0.15) is 0 Å². The Labute approximate surface area is 107 Å². The van der Waals surface area contributed by atoms with Gasteiger partial charge in [0.1, 0.15) is 0 Å². The Hall–Kier alpha value is -2.70. The van der Waals surface area contributed by atoms with Crippen LogP contribution >= 0.6 is 0 Å². The largest absolute Gasteiger partial charge is 0.328 e. The number of urea groups is 1. The first-order valence-corrected chi connectivity index (χ1v) is 5.72. The van der Waals surface area contributed by atoms with Crippen LogP contribution in [0.2, 0.25) is 0 Å². The molecular weight excluding hydrogens is 248 g/mol. The zero-order valence-electron chi connectivity index (χ0n) is 9.87. The molecule has 0 radical (unpaired) electrons. The number of carbonyl (C=O) groups excluding carboxylic acids is 3. The molecule has 7 heteroatoms. The van der Waals surface area contributed by atoms with Gasteiger partial charge in [-0.25, -0.2) is 9.78 Å². The van der Waals surface area contributed by atoms with Crippen molar-refractivity contribution in [2.75, 3.05) is 11.4 Å². The Bertz CT molecular complexity index is 691. The molecule has 1 N–H and O–H groups in total. The molecule has 0 bridgehead atoms. The second-order valence-electron chi connectivity index (χ2n) is 4.17. The lowest BCUT2D eigenvalue weighted by molar-refractivity contribution is -0.120. The van der Waals surface area contributed by atoms with Crippen LogP contribution in [0.15, 0.2) is 24.5 Å². The van der Waals surface area contributed by atoms with Crippen LogP contribution in [0.5, 0.6) is 0 Å². The maximum Gasteiger partial charge on any atom is 0.328 e. The molecule has 3 heterocycles. The highest BCUT2D eigenvalue weighted by atomic mass is 16.2. The quantitative estimate of drug-likeness (QED) is 0.799. The molecule has 0 aromatic carbocycles. The van der Waals surface area contributed by atoms with Crippen molar-refractivity contribution in [3.8, 4) is 0 Å². The van der Waals surface area contributed by atoms with E-state index < -0.39 is 6.03 Å². The number of aromatic nitrogens is 2. The van der Waals surface area contributed by atoms with E-state index in [1.54, 1.807) is 28.9 Å². The monoisotopic (exact) mass is 258 g/mol. The Morgan fingerprint density at radius 2 is 2.16 bits per heavy atom. The Morgan fingerprint density at radius 1 is 1.32 bits per heavy atom. The third-order valence-electron chi connectivity index (χ3n) is 3.01. The van der Waals surface area contributed by atoms with Crippen LogP contribution < -0.4 is 10.2 Å². The maximum atomic E-state index is 11.7. The molecule has 3 amide bonds. The van der Waals surface area contributed by atoms with E-state index in [2.05, 4.69) is 10.3 Å². The molecule has 7 nitrogen and oxygen atoms in total. The number of hydrogen-bond donors (Lipinski definition) is 1. The zero-order chi connectivity index (χ0) is 13.4. The van der Waals surface area contributed by atoms with Gasteiger partial charge in [0.2, 0.25) is 5.91 Å². The van der Waals surface area contributed by atoms with Crippen molar-refractivity contribution in [3.05, 3.63) is 30.4 Å². The molecule has 96 valence electrons. The van der Waals surface area contributed by atoms with Gasteiger partial charge in [0.05, 0.1) is 17.4 Å². The van der Waals surface area contributed by atoms with Gasteiger partial charge < -0.3 is 0 Å². The topological polar surface area (TPSA) is 83.8 Å². The van der Waals surface area contributed by atoms with Crippen LogP contribution in [0.4, 0.5) is 10.5 Å². The van der Waals surface area contributed by atoms with E-state index in [1.165, 1.54) is 4.90 Å². The number of rotatable bonds is 2. The highest BCUT2D eigenvalue weighted by Gasteiger charge is 2.24. The van der Waals surface area contributed by atoms with Crippen LogP contribution in [0, 0.1) is 0 Å². The smallest absolute Gasteiger partial charge is 0.295 e. The number of nitrogens with one attached hydrogen (secondary N) is 1. The molecule has 19 heavy (non-hydrogen) atoms. The number of pyridine rings is 1. The minimum Gasteiger partial charge on any atom is -0.295 e. The molecule has 1 fully saturated rings. The minimum absolute atomic E-state index is 0.258. The fourth-order valence-corrected chi connectivity index (χ4v) is 2.06. The van der Waals surface area contributed by atoms with Gasteiger partial charge in [-0.05, 0) is 12.1 Å². The highest BCUT2D eigenvalue weighted by Crippen LogP contribution is 2.19. The minimum atomic E-state index is -0.455. The molecule has 2 aromatic rings. The fraction of sp³-hybridized carbons (Fsp3) is 0.167. The van der Waals surface area contributed by atoms with Crippen molar-refractivity contribution < 1.29 is 14.4 Å². The van der Waals surface area contributed by atoms with E-state index >= 15 is 0 Å². The molecule has 0 atom stereocenters. The van der Waals surface area contributed by atoms with Gasteiger partial charge >= 0.3 is 6.03 Å². The van der Waals surface area contributed by atoms with Crippen LogP contribution in [0.3, 0.4) is 0 Å². The molecule has 1 saturated heterocycles. The summed E-state index contributed by atoms with van der Waals surface area (Å²) in [5, 5.41) is 2.25. The van der Waals surface area contributed by atoms with Crippen LogP contribution in [-0.4, -0.2) is 34.2 Å². The van der Waals surface area contributed by atoms with E-state index in [0.29, 0.717) is 18.5 Å². The molecule has 0 saturated carbocycles. The average molecular weight is 258 g/mol. The summed E-state index contributed by atoms with van der Waals surface area (Å²) in [6, 6.07) is 3.06. The SMILES string of the molecule is O=Cc1ncc2ccc(N3CCC(=O)NC3=O)cn12. The number of imidazole rings is 1. The first-order valence-electron chi connectivity index (χ1n) is 5.72. The summed E-state index contributed by atoms with van der Waals surface area (Å²) >= 11 is 0. The van der Waals surface area contributed by atoms with Crippen molar-refractivity contribution >= 4 is 29.4 Å². The zero-order valence-corrected chi connectivity index (χ0v) is 9.87.